The largest absolute Gasteiger partial charge is 0.349 e. The Bertz CT molecular complexity index is 1430. The van der Waals surface area contributed by atoms with Crippen LogP contribution in [0.2, 0.25) is 0 Å². The maximum atomic E-state index is 13.8. The van der Waals surface area contributed by atoms with E-state index in [1.54, 1.807) is 42.5 Å². The summed E-state index contributed by atoms with van der Waals surface area (Å²) >= 11 is 0. The quantitative estimate of drug-likeness (QED) is 0.250. The van der Waals surface area contributed by atoms with Crippen molar-refractivity contribution in [2.75, 3.05) is 4.90 Å². The summed E-state index contributed by atoms with van der Waals surface area (Å²) in [5, 5.41) is 11.3. The van der Waals surface area contributed by atoms with Gasteiger partial charge in [-0.05, 0) is 11.6 Å². The monoisotopic (exact) mass is 468 g/mol. The van der Waals surface area contributed by atoms with Gasteiger partial charge in [-0.15, -0.1) is 0 Å². The SMILES string of the molecule is O=C1[C@H]2[C@@H](C(=O)N1c1cccc([N+](=O)[O-])c1)C1(O[C@H]2c2ccccc2)C(=O)c2ccccc2C1=O. The lowest BCUT2D eigenvalue weighted by Crippen LogP contribution is -2.51. The summed E-state index contributed by atoms with van der Waals surface area (Å²) < 4.78 is 6.18. The van der Waals surface area contributed by atoms with Crippen molar-refractivity contribution in [1.82, 2.24) is 0 Å². The van der Waals surface area contributed by atoms with Crippen LogP contribution in [0.3, 0.4) is 0 Å². The number of fused-ring (bicyclic) bond motifs is 3. The highest BCUT2D eigenvalue weighted by Gasteiger charge is 2.74. The molecule has 172 valence electrons. The molecule has 0 saturated carbocycles. The van der Waals surface area contributed by atoms with E-state index >= 15 is 0 Å². The predicted molar refractivity (Wildman–Crippen MR) is 121 cm³/mol. The van der Waals surface area contributed by atoms with Crippen molar-refractivity contribution >= 4 is 34.8 Å². The number of imide groups is 1. The summed E-state index contributed by atoms with van der Waals surface area (Å²) in [7, 11) is 0. The lowest BCUT2D eigenvalue weighted by Gasteiger charge is -2.27. The molecule has 2 fully saturated rings. The molecule has 2 aliphatic heterocycles. The Kier molecular flexibility index (Phi) is 4.36. The van der Waals surface area contributed by atoms with Gasteiger partial charge >= 0.3 is 0 Å². The van der Waals surface area contributed by atoms with Crippen LogP contribution in [0.5, 0.6) is 0 Å². The van der Waals surface area contributed by atoms with Gasteiger partial charge in [0.1, 0.15) is 0 Å². The number of Topliss-reactive ketones (excluding diaryl/α,β-unsaturated/α-hetero) is 2. The number of non-ortho nitro benzene ring substituents is 1. The minimum absolute atomic E-state index is 0.000899. The summed E-state index contributed by atoms with van der Waals surface area (Å²) in [6, 6.07) is 20.0. The van der Waals surface area contributed by atoms with Crippen molar-refractivity contribution in [2.45, 2.75) is 11.7 Å². The van der Waals surface area contributed by atoms with Gasteiger partial charge in [-0.2, -0.15) is 0 Å². The Morgan fingerprint density at radius 3 is 2.06 bits per heavy atom. The zero-order valence-corrected chi connectivity index (χ0v) is 18.0. The molecule has 1 aliphatic carbocycles. The zero-order valence-electron chi connectivity index (χ0n) is 18.0. The first kappa shape index (κ1) is 21.1. The number of hydrogen-bond acceptors (Lipinski definition) is 7. The fourth-order valence-corrected chi connectivity index (χ4v) is 5.46. The number of carbonyl (C=O) groups excluding carboxylic acids is 4. The van der Waals surface area contributed by atoms with E-state index in [4.69, 9.17) is 4.74 Å². The molecule has 2 heterocycles. The molecule has 9 heteroatoms. The molecule has 0 aromatic heterocycles. The molecule has 0 N–H and O–H groups in total. The van der Waals surface area contributed by atoms with Crippen molar-refractivity contribution < 1.29 is 28.8 Å². The lowest BCUT2D eigenvalue weighted by molar-refractivity contribution is -0.384. The molecule has 1 spiro atoms. The number of nitro groups is 1. The van der Waals surface area contributed by atoms with E-state index in [1.165, 1.54) is 30.3 Å². The first-order valence-electron chi connectivity index (χ1n) is 10.9. The van der Waals surface area contributed by atoms with Gasteiger partial charge in [0, 0.05) is 23.3 Å². The molecule has 3 atom stereocenters. The standard InChI is InChI=1S/C26H16N2O7/c29-22-17-11-4-5-12-18(17)23(30)26(22)20-19(21(35-26)14-7-2-1-3-8-14)24(31)27(25(20)32)15-9-6-10-16(13-15)28(33)34/h1-13,19-21H/t19-,20-,21-/m0/s1. The molecule has 0 radical (unpaired) electrons. The maximum absolute atomic E-state index is 13.8. The highest BCUT2D eigenvalue weighted by Crippen LogP contribution is 2.57. The summed E-state index contributed by atoms with van der Waals surface area (Å²) in [5.41, 5.74) is -1.67. The molecule has 2 saturated heterocycles. The minimum Gasteiger partial charge on any atom is -0.349 e. The second-order valence-electron chi connectivity index (χ2n) is 8.68. The fourth-order valence-electron chi connectivity index (χ4n) is 5.46. The molecule has 0 unspecified atom stereocenters. The van der Waals surface area contributed by atoms with E-state index in [0.717, 1.165) is 11.0 Å². The van der Waals surface area contributed by atoms with Crippen LogP contribution < -0.4 is 4.90 Å². The predicted octanol–water partition coefficient (Wildman–Crippen LogP) is 3.29. The van der Waals surface area contributed by atoms with E-state index in [-0.39, 0.29) is 22.5 Å². The van der Waals surface area contributed by atoms with Gasteiger partial charge < -0.3 is 4.74 Å². The lowest BCUT2D eigenvalue weighted by atomic mass is 9.77. The molecular formula is C26H16N2O7. The van der Waals surface area contributed by atoms with Crippen molar-refractivity contribution in [3.05, 3.63) is 106 Å². The third-order valence-electron chi connectivity index (χ3n) is 6.95. The molecule has 3 aromatic carbocycles. The van der Waals surface area contributed by atoms with Crippen LogP contribution in [0.15, 0.2) is 78.9 Å². The molecule has 3 aromatic rings. The van der Waals surface area contributed by atoms with Crippen molar-refractivity contribution in [1.29, 1.82) is 0 Å². The molecule has 3 aliphatic rings. The van der Waals surface area contributed by atoms with Gasteiger partial charge in [-0.1, -0.05) is 60.7 Å². The summed E-state index contributed by atoms with van der Waals surface area (Å²) in [5.74, 6) is -5.36. The first-order chi connectivity index (χ1) is 16.9. The number of rotatable bonds is 3. The van der Waals surface area contributed by atoms with E-state index in [1.807, 2.05) is 0 Å². The van der Waals surface area contributed by atoms with Gasteiger partial charge in [-0.25, -0.2) is 4.90 Å². The Balaban J connectivity index is 1.54. The Morgan fingerprint density at radius 1 is 0.800 bits per heavy atom. The average molecular weight is 468 g/mol. The van der Waals surface area contributed by atoms with Gasteiger partial charge in [0.05, 0.1) is 28.6 Å². The maximum Gasteiger partial charge on any atom is 0.271 e. The minimum atomic E-state index is -2.18. The van der Waals surface area contributed by atoms with E-state index in [2.05, 4.69) is 0 Å². The van der Waals surface area contributed by atoms with E-state index < -0.39 is 51.8 Å². The van der Waals surface area contributed by atoms with Crippen LogP contribution in [-0.4, -0.2) is 33.9 Å². The highest BCUT2D eigenvalue weighted by molar-refractivity contribution is 6.37. The Labute approximate surface area is 198 Å². The number of nitro benzene ring substituents is 1. The van der Waals surface area contributed by atoms with Gasteiger partial charge in [0.25, 0.3) is 5.69 Å². The molecule has 6 rings (SSSR count). The molecular weight excluding hydrogens is 452 g/mol. The Hall–Kier alpha value is -4.50. The van der Waals surface area contributed by atoms with E-state index in [0.29, 0.717) is 5.56 Å². The Morgan fingerprint density at radius 2 is 1.43 bits per heavy atom. The second-order valence-corrected chi connectivity index (χ2v) is 8.68. The van der Waals surface area contributed by atoms with Crippen molar-refractivity contribution in [2.24, 2.45) is 11.8 Å². The van der Waals surface area contributed by atoms with Crippen LogP contribution in [0.25, 0.3) is 0 Å². The average Bonchev–Trinajstić information content (AvgIpc) is 3.44. The number of nitrogens with zero attached hydrogens (tertiary/aromatic N) is 2. The summed E-state index contributed by atoms with van der Waals surface area (Å²) in [4.78, 5) is 66.4. The van der Waals surface area contributed by atoms with Gasteiger partial charge in [-0.3, -0.25) is 29.3 Å². The number of anilines is 1. The number of amides is 2. The molecule has 0 bridgehead atoms. The third-order valence-corrected chi connectivity index (χ3v) is 6.95. The van der Waals surface area contributed by atoms with E-state index in [9.17, 15) is 29.3 Å². The smallest absolute Gasteiger partial charge is 0.271 e. The molecule has 35 heavy (non-hydrogen) atoms. The van der Waals surface area contributed by atoms with Crippen LogP contribution in [-0.2, 0) is 14.3 Å². The number of carbonyl (C=O) groups is 4. The number of ether oxygens (including phenoxy) is 1. The number of benzene rings is 3. The molecule has 9 nitrogen and oxygen atoms in total. The highest BCUT2D eigenvalue weighted by atomic mass is 16.6. The van der Waals surface area contributed by atoms with Crippen LogP contribution in [0.1, 0.15) is 32.4 Å². The molecule has 2 amide bonds. The topological polar surface area (TPSA) is 124 Å². The van der Waals surface area contributed by atoms with Crippen LogP contribution in [0, 0.1) is 22.0 Å². The first-order valence-corrected chi connectivity index (χ1v) is 10.9. The van der Waals surface area contributed by atoms with Gasteiger partial charge in [0.15, 0.2) is 0 Å². The van der Waals surface area contributed by atoms with Crippen molar-refractivity contribution in [3.63, 3.8) is 0 Å². The fraction of sp³-hybridized carbons (Fsp3) is 0.154. The second kappa shape index (κ2) is 7.25. The van der Waals surface area contributed by atoms with Gasteiger partial charge in [0.2, 0.25) is 29.0 Å². The normalized spacial score (nSPS) is 24.2. The van der Waals surface area contributed by atoms with Crippen molar-refractivity contribution in [3.8, 4) is 0 Å². The third kappa shape index (κ3) is 2.66. The summed E-state index contributed by atoms with van der Waals surface area (Å²) in [6.07, 6.45) is -1.04. The van der Waals surface area contributed by atoms with Crippen LogP contribution in [0.4, 0.5) is 11.4 Å². The number of ketones is 2. The summed E-state index contributed by atoms with van der Waals surface area (Å²) in [6.45, 7) is 0. The number of hydrogen-bond donors (Lipinski definition) is 0. The zero-order chi connectivity index (χ0) is 24.5. The van der Waals surface area contributed by atoms with Crippen LogP contribution >= 0.6 is 0 Å².